The van der Waals surface area contributed by atoms with E-state index in [2.05, 4.69) is 20.3 Å². The Labute approximate surface area is 164 Å². The second-order valence-corrected chi connectivity index (χ2v) is 6.70. The van der Waals surface area contributed by atoms with Gasteiger partial charge in [-0.2, -0.15) is 0 Å². The fraction of sp³-hybridized carbons (Fsp3) is 0.389. The number of pyridine rings is 1. The molecule has 0 unspecified atom stereocenters. The van der Waals surface area contributed by atoms with Gasteiger partial charge < -0.3 is 10.1 Å². The van der Waals surface area contributed by atoms with Gasteiger partial charge in [-0.1, -0.05) is 11.6 Å². The zero-order valence-electron chi connectivity index (χ0n) is 14.7. The molecule has 0 saturated heterocycles. The van der Waals surface area contributed by atoms with Gasteiger partial charge in [0.2, 0.25) is 5.88 Å². The molecule has 2 aromatic heterocycles. The molecule has 1 aliphatic carbocycles. The van der Waals surface area contributed by atoms with Crippen molar-refractivity contribution in [2.45, 2.75) is 32.2 Å². The number of Topliss-reactive ketones (excluding diaryl/α,β-unsaturated/α-hetero) is 1. The fourth-order valence-electron chi connectivity index (χ4n) is 2.40. The highest BCUT2D eigenvalue weighted by molar-refractivity contribution is 6.31. The van der Waals surface area contributed by atoms with Crippen LogP contribution in [0, 0.1) is 5.92 Å². The molecule has 2 aromatic rings. The molecular weight excluding hydrogens is 394 g/mol. The molecule has 0 atom stereocenters. The summed E-state index contributed by atoms with van der Waals surface area (Å²) < 4.78 is 29.1. The molecule has 0 spiro atoms. The molecule has 28 heavy (non-hydrogen) atoms. The van der Waals surface area contributed by atoms with Crippen molar-refractivity contribution in [3.8, 4) is 5.88 Å². The minimum atomic E-state index is -2.63. The summed E-state index contributed by atoms with van der Waals surface area (Å²) in [5.74, 6) is -0.0392. The minimum Gasteiger partial charge on any atom is -0.471 e. The van der Waals surface area contributed by atoms with Crippen molar-refractivity contribution in [1.82, 2.24) is 20.3 Å². The topological polar surface area (TPSA) is 94.1 Å². The Balaban J connectivity index is 1.56. The Hall–Kier alpha value is -2.68. The Morgan fingerprint density at radius 1 is 1.32 bits per heavy atom. The van der Waals surface area contributed by atoms with E-state index in [1.54, 1.807) is 0 Å². The molecule has 1 fully saturated rings. The third-order valence-electron chi connectivity index (χ3n) is 3.97. The summed E-state index contributed by atoms with van der Waals surface area (Å²) in [5, 5.41) is 2.72. The van der Waals surface area contributed by atoms with E-state index in [1.165, 1.54) is 24.5 Å². The molecule has 1 N–H and O–H groups in total. The van der Waals surface area contributed by atoms with Crippen molar-refractivity contribution >= 4 is 23.3 Å². The summed E-state index contributed by atoms with van der Waals surface area (Å²) in [6, 6.07) is 2.92. The highest BCUT2D eigenvalue weighted by Crippen LogP contribution is 2.30. The third-order valence-corrected chi connectivity index (χ3v) is 4.24. The van der Waals surface area contributed by atoms with Crippen molar-refractivity contribution < 1.29 is 23.1 Å². The first-order valence-electron chi connectivity index (χ1n) is 8.60. The molecule has 1 amide bonds. The molecule has 3 rings (SSSR count). The summed E-state index contributed by atoms with van der Waals surface area (Å²) in [6.07, 6.45) is 2.10. The van der Waals surface area contributed by atoms with Gasteiger partial charge in [0.25, 0.3) is 12.3 Å². The molecule has 7 nitrogen and oxygen atoms in total. The quantitative estimate of drug-likeness (QED) is 0.683. The Morgan fingerprint density at radius 2 is 2.11 bits per heavy atom. The first-order chi connectivity index (χ1) is 13.4. The SMILES string of the molecule is O=C(NCc1cnc(OCC(F)F)c(Cl)c1)c1ccnc(CC(=O)C2CC2)n1. The molecule has 0 aliphatic heterocycles. The van der Waals surface area contributed by atoms with Crippen LogP contribution in [-0.4, -0.2) is 39.7 Å². The van der Waals surface area contributed by atoms with Crippen LogP contribution in [-0.2, 0) is 17.8 Å². The van der Waals surface area contributed by atoms with E-state index in [-0.39, 0.29) is 41.3 Å². The summed E-state index contributed by atoms with van der Waals surface area (Å²) in [7, 11) is 0. The highest BCUT2D eigenvalue weighted by Gasteiger charge is 2.29. The molecule has 10 heteroatoms. The maximum absolute atomic E-state index is 12.3. The summed E-state index contributed by atoms with van der Waals surface area (Å²) in [4.78, 5) is 36.2. The molecule has 1 saturated carbocycles. The van der Waals surface area contributed by atoms with Gasteiger partial charge in [-0.25, -0.2) is 23.7 Å². The summed E-state index contributed by atoms with van der Waals surface area (Å²) >= 11 is 5.95. The zero-order valence-corrected chi connectivity index (χ0v) is 15.5. The van der Waals surface area contributed by atoms with E-state index < -0.39 is 18.9 Å². The number of carbonyl (C=O) groups excluding carboxylic acids is 2. The second kappa shape index (κ2) is 9.01. The molecule has 2 heterocycles. The van der Waals surface area contributed by atoms with E-state index in [0.717, 1.165) is 12.8 Å². The number of aromatic nitrogens is 3. The lowest BCUT2D eigenvalue weighted by Crippen LogP contribution is -2.24. The lowest BCUT2D eigenvalue weighted by molar-refractivity contribution is -0.119. The zero-order chi connectivity index (χ0) is 20.1. The van der Waals surface area contributed by atoms with Crippen molar-refractivity contribution in [3.05, 3.63) is 46.6 Å². The van der Waals surface area contributed by atoms with Crippen LogP contribution in [0.4, 0.5) is 8.78 Å². The van der Waals surface area contributed by atoms with Crippen LogP contribution in [0.5, 0.6) is 5.88 Å². The normalized spacial score (nSPS) is 13.4. The number of ketones is 1. The lowest BCUT2D eigenvalue weighted by Gasteiger charge is -2.09. The number of hydrogen-bond acceptors (Lipinski definition) is 6. The van der Waals surface area contributed by atoms with Crippen molar-refractivity contribution in [2.75, 3.05) is 6.61 Å². The van der Waals surface area contributed by atoms with E-state index in [0.29, 0.717) is 11.4 Å². The number of alkyl halides is 2. The van der Waals surface area contributed by atoms with Crippen LogP contribution in [0.2, 0.25) is 5.02 Å². The van der Waals surface area contributed by atoms with Crippen molar-refractivity contribution in [1.29, 1.82) is 0 Å². The van der Waals surface area contributed by atoms with E-state index in [1.807, 2.05) is 0 Å². The number of amides is 1. The van der Waals surface area contributed by atoms with Crippen LogP contribution >= 0.6 is 11.6 Å². The Morgan fingerprint density at radius 3 is 2.79 bits per heavy atom. The molecule has 0 radical (unpaired) electrons. The van der Waals surface area contributed by atoms with Gasteiger partial charge in [-0.3, -0.25) is 9.59 Å². The van der Waals surface area contributed by atoms with E-state index in [4.69, 9.17) is 16.3 Å². The molecule has 0 aromatic carbocycles. The average Bonchev–Trinajstić information content (AvgIpc) is 3.50. The number of carbonyl (C=O) groups is 2. The van der Waals surface area contributed by atoms with Gasteiger partial charge in [-0.15, -0.1) is 0 Å². The predicted molar refractivity (Wildman–Crippen MR) is 95.4 cm³/mol. The number of nitrogens with one attached hydrogen (secondary N) is 1. The fourth-order valence-corrected chi connectivity index (χ4v) is 2.64. The number of halogens is 3. The monoisotopic (exact) mass is 410 g/mol. The summed E-state index contributed by atoms with van der Waals surface area (Å²) in [6.45, 7) is -0.705. The summed E-state index contributed by atoms with van der Waals surface area (Å²) in [5.41, 5.74) is 0.700. The van der Waals surface area contributed by atoms with Gasteiger partial charge in [0.15, 0.2) is 6.61 Å². The van der Waals surface area contributed by atoms with Crippen molar-refractivity contribution in [2.24, 2.45) is 5.92 Å². The standard InChI is InChI=1S/C18H17ClF2N4O3/c19-12-5-10(8-24-18(12)28-9-15(20)21)7-23-17(27)13-3-4-22-16(25-13)6-14(26)11-1-2-11/h3-5,8,11,15H,1-2,6-7,9H2,(H,23,27). The average molecular weight is 411 g/mol. The number of nitrogens with zero attached hydrogens (tertiary/aromatic N) is 3. The van der Waals surface area contributed by atoms with Gasteiger partial charge in [-0.05, 0) is 30.5 Å². The minimum absolute atomic E-state index is 0.0651. The van der Waals surface area contributed by atoms with Crippen LogP contribution in [0.15, 0.2) is 24.5 Å². The molecule has 0 bridgehead atoms. The molecule has 1 aliphatic rings. The van der Waals surface area contributed by atoms with Gasteiger partial charge in [0.05, 0.1) is 6.42 Å². The Bertz CT molecular complexity index is 878. The first kappa shape index (κ1) is 20.1. The maximum atomic E-state index is 12.3. The third kappa shape index (κ3) is 5.66. The number of ether oxygens (including phenoxy) is 1. The molecule has 148 valence electrons. The van der Waals surface area contributed by atoms with Crippen LogP contribution < -0.4 is 10.1 Å². The maximum Gasteiger partial charge on any atom is 0.272 e. The lowest BCUT2D eigenvalue weighted by atomic mass is 10.2. The molecular formula is C18H17ClF2N4O3. The second-order valence-electron chi connectivity index (χ2n) is 6.29. The van der Waals surface area contributed by atoms with Crippen LogP contribution in [0.3, 0.4) is 0 Å². The van der Waals surface area contributed by atoms with Gasteiger partial charge in [0.1, 0.15) is 22.3 Å². The van der Waals surface area contributed by atoms with Crippen LogP contribution in [0.25, 0.3) is 0 Å². The smallest absolute Gasteiger partial charge is 0.272 e. The van der Waals surface area contributed by atoms with Crippen molar-refractivity contribution in [3.63, 3.8) is 0 Å². The first-order valence-corrected chi connectivity index (χ1v) is 8.98. The van der Waals surface area contributed by atoms with Gasteiger partial charge >= 0.3 is 0 Å². The highest BCUT2D eigenvalue weighted by atomic mass is 35.5. The van der Waals surface area contributed by atoms with Crippen LogP contribution in [0.1, 0.15) is 34.7 Å². The van der Waals surface area contributed by atoms with E-state index >= 15 is 0 Å². The van der Waals surface area contributed by atoms with Gasteiger partial charge in [0, 0.05) is 24.9 Å². The number of rotatable bonds is 9. The van der Waals surface area contributed by atoms with E-state index in [9.17, 15) is 18.4 Å². The predicted octanol–water partition coefficient (Wildman–Crippen LogP) is 2.62. The largest absolute Gasteiger partial charge is 0.471 e. The number of hydrogen-bond donors (Lipinski definition) is 1. The Kier molecular flexibility index (Phi) is 6.45.